The predicted molar refractivity (Wildman–Crippen MR) is 76.5 cm³/mol. The van der Waals surface area contributed by atoms with Gasteiger partial charge < -0.3 is 5.11 Å². The Bertz CT molecular complexity index is 647. The van der Waals surface area contributed by atoms with Gasteiger partial charge in [0.05, 0.1) is 9.82 Å². The van der Waals surface area contributed by atoms with Crippen molar-refractivity contribution in [3.63, 3.8) is 0 Å². The van der Waals surface area contributed by atoms with Gasteiger partial charge >= 0.3 is 5.69 Å². The van der Waals surface area contributed by atoms with E-state index in [1.165, 1.54) is 0 Å². The number of sulfonamides is 1. The molecule has 21 heavy (non-hydrogen) atoms. The lowest BCUT2D eigenvalue weighted by atomic mass is 9.67. The van der Waals surface area contributed by atoms with Gasteiger partial charge in [0.15, 0.2) is 5.75 Å². The van der Waals surface area contributed by atoms with Crippen molar-refractivity contribution >= 4 is 15.7 Å². The first-order valence-electron chi connectivity index (χ1n) is 6.77. The van der Waals surface area contributed by atoms with Crippen molar-refractivity contribution in [2.24, 2.45) is 5.41 Å². The highest BCUT2D eigenvalue weighted by molar-refractivity contribution is 7.89. The summed E-state index contributed by atoms with van der Waals surface area (Å²) < 4.78 is 26.9. The minimum atomic E-state index is -3.82. The van der Waals surface area contributed by atoms with Crippen LogP contribution < -0.4 is 4.72 Å². The molecule has 8 heteroatoms. The van der Waals surface area contributed by atoms with Gasteiger partial charge in [-0.2, -0.15) is 0 Å². The molecule has 116 valence electrons. The fourth-order valence-electron chi connectivity index (χ4n) is 2.48. The van der Waals surface area contributed by atoms with Crippen LogP contribution in [0.15, 0.2) is 23.1 Å². The molecule has 1 aliphatic carbocycles. The van der Waals surface area contributed by atoms with Crippen LogP contribution in [0.5, 0.6) is 5.75 Å². The first-order chi connectivity index (χ1) is 9.80. The number of hydrogen-bond donors (Lipinski definition) is 2. The Kier molecular flexibility index (Phi) is 4.20. The Morgan fingerprint density at radius 1 is 1.43 bits per heavy atom. The van der Waals surface area contributed by atoms with Gasteiger partial charge in [-0.3, -0.25) is 10.1 Å². The third-order valence-corrected chi connectivity index (χ3v) is 5.65. The van der Waals surface area contributed by atoms with Crippen molar-refractivity contribution in [1.82, 2.24) is 4.72 Å². The summed E-state index contributed by atoms with van der Waals surface area (Å²) in [7, 11) is -3.82. The fraction of sp³-hybridized carbons (Fsp3) is 0.538. The van der Waals surface area contributed by atoms with Gasteiger partial charge in [0.1, 0.15) is 0 Å². The molecule has 1 aliphatic rings. The monoisotopic (exact) mass is 314 g/mol. The molecule has 0 aromatic heterocycles. The molecule has 0 bridgehead atoms. The molecule has 1 aromatic carbocycles. The number of nitrogens with one attached hydrogen (secondary N) is 1. The molecule has 0 atom stereocenters. The van der Waals surface area contributed by atoms with Crippen molar-refractivity contribution in [2.75, 3.05) is 6.54 Å². The number of hydrogen-bond acceptors (Lipinski definition) is 5. The number of nitro benzene ring substituents is 1. The van der Waals surface area contributed by atoms with E-state index in [9.17, 15) is 23.6 Å². The minimum Gasteiger partial charge on any atom is -0.502 e. The molecule has 1 aromatic rings. The third kappa shape index (κ3) is 3.16. The van der Waals surface area contributed by atoms with Crippen LogP contribution in [0.2, 0.25) is 0 Å². The van der Waals surface area contributed by atoms with Crippen LogP contribution in [0, 0.1) is 15.5 Å². The van der Waals surface area contributed by atoms with E-state index >= 15 is 0 Å². The molecule has 2 rings (SSSR count). The van der Waals surface area contributed by atoms with Gasteiger partial charge in [-0.15, -0.1) is 0 Å². The molecule has 0 saturated heterocycles. The fourth-order valence-corrected chi connectivity index (χ4v) is 3.66. The van der Waals surface area contributed by atoms with Crippen molar-refractivity contribution < 1.29 is 18.4 Å². The maximum atomic E-state index is 12.2. The summed E-state index contributed by atoms with van der Waals surface area (Å²) in [5.74, 6) is -0.553. The topological polar surface area (TPSA) is 110 Å². The van der Waals surface area contributed by atoms with Crippen molar-refractivity contribution in [3.05, 3.63) is 28.3 Å². The predicted octanol–water partition coefficient (Wildman–Crippen LogP) is 2.16. The summed E-state index contributed by atoms with van der Waals surface area (Å²) in [4.78, 5) is 9.73. The van der Waals surface area contributed by atoms with Crippen LogP contribution in [0.3, 0.4) is 0 Å². The molecule has 1 fully saturated rings. The highest BCUT2D eigenvalue weighted by Gasteiger charge is 2.36. The Morgan fingerprint density at radius 2 is 2.10 bits per heavy atom. The van der Waals surface area contributed by atoms with E-state index < -0.39 is 26.4 Å². The second-order valence-electron chi connectivity index (χ2n) is 5.44. The normalized spacial score (nSPS) is 17.2. The average molecular weight is 314 g/mol. The average Bonchev–Trinajstić information content (AvgIpc) is 2.37. The maximum Gasteiger partial charge on any atom is 0.312 e. The largest absolute Gasteiger partial charge is 0.502 e. The molecule has 7 nitrogen and oxygen atoms in total. The van der Waals surface area contributed by atoms with Crippen LogP contribution in [0.1, 0.15) is 32.6 Å². The standard InChI is InChI=1S/C13H18N2O5S/c1-2-13(6-3-7-13)9-14-21(19,20)10-4-5-12(16)11(8-10)15(17)18/h4-5,8,14,16H,2-3,6-7,9H2,1H3. The molecule has 0 unspecified atom stereocenters. The lowest BCUT2D eigenvalue weighted by Gasteiger charge is -2.41. The number of rotatable bonds is 6. The van der Waals surface area contributed by atoms with Crippen molar-refractivity contribution in [1.29, 1.82) is 0 Å². The number of nitro groups is 1. The Hall–Kier alpha value is -1.67. The molecule has 0 spiro atoms. The van der Waals surface area contributed by atoms with E-state index in [2.05, 4.69) is 4.72 Å². The minimum absolute atomic E-state index is 0.00984. The molecular formula is C13H18N2O5S. The summed E-state index contributed by atoms with van der Waals surface area (Å²) >= 11 is 0. The molecular weight excluding hydrogens is 296 g/mol. The Balaban J connectivity index is 2.20. The quantitative estimate of drug-likeness (QED) is 0.617. The second-order valence-corrected chi connectivity index (χ2v) is 7.21. The Labute approximate surface area is 123 Å². The van der Waals surface area contributed by atoms with E-state index in [4.69, 9.17) is 0 Å². The number of nitrogens with zero attached hydrogens (tertiary/aromatic N) is 1. The van der Waals surface area contributed by atoms with Gasteiger partial charge in [-0.05, 0) is 36.8 Å². The molecule has 1 saturated carbocycles. The summed E-state index contributed by atoms with van der Waals surface area (Å²) in [5, 5.41) is 20.1. The van der Waals surface area contributed by atoms with Crippen LogP contribution in [-0.2, 0) is 10.0 Å². The number of aromatic hydroxyl groups is 1. The van der Waals surface area contributed by atoms with Crippen LogP contribution in [0.25, 0.3) is 0 Å². The summed E-state index contributed by atoms with van der Waals surface area (Å²) in [5.41, 5.74) is -0.609. The zero-order valence-corrected chi connectivity index (χ0v) is 12.5. The van der Waals surface area contributed by atoms with Crippen molar-refractivity contribution in [3.8, 4) is 5.75 Å². The van der Waals surface area contributed by atoms with E-state index in [0.29, 0.717) is 6.54 Å². The van der Waals surface area contributed by atoms with Crippen LogP contribution >= 0.6 is 0 Å². The van der Waals surface area contributed by atoms with Gasteiger partial charge in [0, 0.05) is 12.6 Å². The van der Waals surface area contributed by atoms with Crippen LogP contribution in [-0.4, -0.2) is 25.0 Å². The number of benzene rings is 1. The maximum absolute atomic E-state index is 12.2. The highest BCUT2D eigenvalue weighted by Crippen LogP contribution is 2.43. The SMILES string of the molecule is CCC1(CNS(=O)(=O)c2ccc(O)c([N+](=O)[O-])c2)CCC1. The summed E-state index contributed by atoms with van der Waals surface area (Å²) in [6.07, 6.45) is 3.97. The van der Waals surface area contributed by atoms with Gasteiger partial charge in [0.25, 0.3) is 0 Å². The first-order valence-corrected chi connectivity index (χ1v) is 8.25. The first kappa shape index (κ1) is 15.7. The van der Waals surface area contributed by atoms with Crippen molar-refractivity contribution in [2.45, 2.75) is 37.5 Å². The van der Waals surface area contributed by atoms with E-state index in [1.54, 1.807) is 0 Å². The van der Waals surface area contributed by atoms with E-state index in [-0.39, 0.29) is 10.3 Å². The molecule has 0 heterocycles. The second kappa shape index (κ2) is 5.61. The van der Waals surface area contributed by atoms with Gasteiger partial charge in [-0.1, -0.05) is 13.3 Å². The number of phenols is 1. The van der Waals surface area contributed by atoms with E-state index in [0.717, 1.165) is 43.9 Å². The van der Waals surface area contributed by atoms with E-state index in [1.807, 2.05) is 6.92 Å². The molecule has 0 radical (unpaired) electrons. The van der Waals surface area contributed by atoms with Gasteiger partial charge in [-0.25, -0.2) is 13.1 Å². The third-order valence-electron chi connectivity index (χ3n) is 4.26. The lowest BCUT2D eigenvalue weighted by molar-refractivity contribution is -0.386. The molecule has 2 N–H and O–H groups in total. The summed E-state index contributed by atoms with van der Waals surface area (Å²) in [6, 6.07) is 3.05. The zero-order chi connectivity index (χ0) is 15.7. The molecule has 0 aliphatic heterocycles. The highest BCUT2D eigenvalue weighted by atomic mass is 32.2. The Morgan fingerprint density at radius 3 is 2.57 bits per heavy atom. The molecule has 0 amide bonds. The zero-order valence-electron chi connectivity index (χ0n) is 11.7. The smallest absolute Gasteiger partial charge is 0.312 e. The number of phenolic OH excluding ortho intramolecular Hbond substituents is 1. The summed E-state index contributed by atoms with van der Waals surface area (Å²) in [6.45, 7) is 2.36. The van der Waals surface area contributed by atoms with Crippen LogP contribution in [0.4, 0.5) is 5.69 Å². The van der Waals surface area contributed by atoms with Gasteiger partial charge in [0.2, 0.25) is 10.0 Å². The lowest BCUT2D eigenvalue weighted by Crippen LogP contribution is -2.41.